The highest BCUT2D eigenvalue weighted by atomic mass is 16.3. The number of fused-ring (bicyclic) bond motifs is 10. The number of hydrogen-bond donors (Lipinski definition) is 0. The van der Waals surface area contributed by atoms with Crippen LogP contribution in [0.15, 0.2) is 191 Å². The zero-order valence-corrected chi connectivity index (χ0v) is 30.4. The molecule has 0 N–H and O–H groups in total. The van der Waals surface area contributed by atoms with Crippen molar-refractivity contribution >= 4 is 65.7 Å². The van der Waals surface area contributed by atoms with Crippen molar-refractivity contribution in [3.8, 4) is 51.0 Å². The molecule has 0 radical (unpaired) electrons. The molecule has 12 rings (SSSR count). The average molecular weight is 731 g/mol. The van der Waals surface area contributed by atoms with E-state index < -0.39 is 0 Å². The van der Waals surface area contributed by atoms with E-state index in [-0.39, 0.29) is 0 Å². The summed E-state index contributed by atoms with van der Waals surface area (Å²) in [6.07, 6.45) is 0. The van der Waals surface area contributed by atoms with Gasteiger partial charge in [-0.25, -0.2) is 15.0 Å². The zero-order chi connectivity index (χ0) is 37.5. The van der Waals surface area contributed by atoms with Crippen LogP contribution in [0.25, 0.3) is 117 Å². The van der Waals surface area contributed by atoms with E-state index >= 15 is 0 Å². The lowest BCUT2D eigenvalue weighted by Crippen LogP contribution is -2.00. The highest BCUT2D eigenvalue weighted by Gasteiger charge is 2.21. The number of furan rings is 2. The first-order chi connectivity index (χ1) is 28.2. The van der Waals surface area contributed by atoms with Crippen LogP contribution in [0.5, 0.6) is 0 Å². The fourth-order valence-electron chi connectivity index (χ4n) is 8.37. The maximum atomic E-state index is 6.57. The summed E-state index contributed by atoms with van der Waals surface area (Å²) in [5.74, 6) is 1.75. The number of nitrogens with zero attached hydrogens (tertiary/aromatic N) is 4. The Labute approximate surface area is 325 Å². The average Bonchev–Trinajstić information content (AvgIpc) is 3.96. The maximum absolute atomic E-state index is 6.57. The molecule has 0 fully saturated rings. The van der Waals surface area contributed by atoms with Crippen molar-refractivity contribution in [3.63, 3.8) is 0 Å². The lowest BCUT2D eigenvalue weighted by Gasteiger charge is -2.10. The molecule has 6 heteroatoms. The van der Waals surface area contributed by atoms with E-state index in [1.54, 1.807) is 0 Å². The van der Waals surface area contributed by atoms with Gasteiger partial charge in [-0.05, 0) is 83.9 Å². The molecule has 4 aromatic heterocycles. The molecule has 8 aromatic carbocycles. The largest absolute Gasteiger partial charge is 0.456 e. The molecule has 6 nitrogen and oxygen atoms in total. The van der Waals surface area contributed by atoms with Gasteiger partial charge in [0.2, 0.25) is 0 Å². The Morgan fingerprint density at radius 2 is 0.842 bits per heavy atom. The molecule has 12 aromatic rings. The second-order valence-corrected chi connectivity index (χ2v) is 14.4. The summed E-state index contributed by atoms with van der Waals surface area (Å²) >= 11 is 0. The first kappa shape index (κ1) is 31.5. The van der Waals surface area contributed by atoms with Crippen LogP contribution in [0, 0.1) is 0 Å². The molecule has 0 aliphatic rings. The van der Waals surface area contributed by atoms with Gasteiger partial charge >= 0.3 is 0 Å². The van der Waals surface area contributed by atoms with E-state index in [2.05, 4.69) is 138 Å². The number of para-hydroxylation sites is 3. The summed E-state index contributed by atoms with van der Waals surface area (Å²) in [7, 11) is 0. The molecule has 0 unspecified atom stereocenters. The summed E-state index contributed by atoms with van der Waals surface area (Å²) in [5.41, 5.74) is 11.6. The Hall–Kier alpha value is -7.83. The fourth-order valence-corrected chi connectivity index (χ4v) is 8.37. The Bertz CT molecular complexity index is 3510. The predicted octanol–water partition coefficient (Wildman–Crippen LogP) is 13.4. The van der Waals surface area contributed by atoms with E-state index in [1.165, 1.54) is 10.8 Å². The smallest absolute Gasteiger partial charge is 0.164 e. The van der Waals surface area contributed by atoms with Gasteiger partial charge in [-0.15, -0.1) is 0 Å². The lowest BCUT2D eigenvalue weighted by atomic mass is 10.0. The van der Waals surface area contributed by atoms with Gasteiger partial charge in [-0.1, -0.05) is 109 Å². The predicted molar refractivity (Wildman–Crippen MR) is 230 cm³/mol. The Kier molecular flexibility index (Phi) is 6.83. The zero-order valence-electron chi connectivity index (χ0n) is 30.4. The number of benzene rings is 8. The van der Waals surface area contributed by atoms with E-state index in [1.807, 2.05) is 48.5 Å². The van der Waals surface area contributed by atoms with Crippen molar-refractivity contribution < 1.29 is 8.83 Å². The third kappa shape index (κ3) is 5.01. The van der Waals surface area contributed by atoms with Crippen LogP contribution in [-0.4, -0.2) is 19.5 Å². The van der Waals surface area contributed by atoms with Crippen LogP contribution in [0.2, 0.25) is 0 Å². The monoisotopic (exact) mass is 730 g/mol. The highest BCUT2D eigenvalue weighted by molar-refractivity contribution is 6.24. The number of rotatable bonds is 5. The summed E-state index contributed by atoms with van der Waals surface area (Å²) in [6, 6.07) is 62.7. The van der Waals surface area contributed by atoms with Gasteiger partial charge in [-0.2, -0.15) is 0 Å². The van der Waals surface area contributed by atoms with Gasteiger partial charge in [0.25, 0.3) is 0 Å². The Balaban J connectivity index is 1.08. The van der Waals surface area contributed by atoms with E-state index in [4.69, 9.17) is 23.8 Å². The molecule has 0 spiro atoms. The van der Waals surface area contributed by atoms with Crippen molar-refractivity contribution in [2.24, 2.45) is 0 Å². The van der Waals surface area contributed by atoms with Crippen LogP contribution in [0.1, 0.15) is 0 Å². The molecule has 0 aliphatic heterocycles. The SMILES string of the molecule is c1ccc(-c2ccc(-c3nc(-c4ccc5oc6ccccc6c5c4)nc(-c4ccc5oc6ccc7c8ccccc8n(-c8ccccc8)c7c6c5c4)n3)cc2)cc1. The minimum atomic E-state index is 0.575. The van der Waals surface area contributed by atoms with Crippen LogP contribution in [0.3, 0.4) is 0 Å². The minimum Gasteiger partial charge on any atom is -0.456 e. The summed E-state index contributed by atoms with van der Waals surface area (Å²) in [4.78, 5) is 15.5. The molecule has 57 heavy (non-hydrogen) atoms. The highest BCUT2D eigenvalue weighted by Crippen LogP contribution is 2.42. The molecule has 0 saturated carbocycles. The summed E-state index contributed by atoms with van der Waals surface area (Å²) < 4.78 is 15.1. The molecular weight excluding hydrogens is 701 g/mol. The molecule has 0 aliphatic carbocycles. The third-order valence-corrected chi connectivity index (χ3v) is 11.1. The number of aromatic nitrogens is 4. The van der Waals surface area contributed by atoms with Gasteiger partial charge in [0.1, 0.15) is 22.3 Å². The lowest BCUT2D eigenvalue weighted by molar-refractivity contribution is 0.668. The Morgan fingerprint density at radius 3 is 1.60 bits per heavy atom. The molecular formula is C51H30N4O2. The van der Waals surface area contributed by atoms with Gasteiger partial charge in [-0.3, -0.25) is 0 Å². The van der Waals surface area contributed by atoms with Gasteiger partial charge < -0.3 is 13.4 Å². The van der Waals surface area contributed by atoms with Gasteiger partial charge in [0.05, 0.1) is 16.4 Å². The topological polar surface area (TPSA) is 69.9 Å². The number of hydrogen-bond acceptors (Lipinski definition) is 5. The first-order valence-corrected chi connectivity index (χ1v) is 19.0. The molecule has 4 heterocycles. The molecule has 0 atom stereocenters. The quantitative estimate of drug-likeness (QED) is 0.176. The van der Waals surface area contributed by atoms with Crippen LogP contribution < -0.4 is 0 Å². The van der Waals surface area contributed by atoms with Crippen LogP contribution in [0.4, 0.5) is 0 Å². The van der Waals surface area contributed by atoms with Gasteiger partial charge in [0.15, 0.2) is 17.5 Å². The fraction of sp³-hybridized carbons (Fsp3) is 0. The first-order valence-electron chi connectivity index (χ1n) is 19.0. The van der Waals surface area contributed by atoms with Crippen molar-refractivity contribution in [2.75, 3.05) is 0 Å². The Morgan fingerprint density at radius 1 is 0.333 bits per heavy atom. The van der Waals surface area contributed by atoms with Gasteiger partial charge in [0, 0.05) is 49.3 Å². The third-order valence-electron chi connectivity index (χ3n) is 11.1. The maximum Gasteiger partial charge on any atom is 0.164 e. The van der Waals surface area contributed by atoms with Crippen molar-refractivity contribution in [1.82, 2.24) is 19.5 Å². The minimum absolute atomic E-state index is 0.575. The normalized spacial score (nSPS) is 11.9. The van der Waals surface area contributed by atoms with Crippen molar-refractivity contribution in [2.45, 2.75) is 0 Å². The molecule has 0 bridgehead atoms. The molecule has 0 saturated heterocycles. The van der Waals surface area contributed by atoms with E-state index in [0.29, 0.717) is 17.5 Å². The summed E-state index contributed by atoms with van der Waals surface area (Å²) in [5, 5.41) is 6.47. The second-order valence-electron chi connectivity index (χ2n) is 14.4. The second kappa shape index (κ2) is 12.3. The van der Waals surface area contributed by atoms with Crippen LogP contribution >= 0.6 is 0 Å². The molecule has 266 valence electrons. The van der Waals surface area contributed by atoms with Crippen molar-refractivity contribution in [3.05, 3.63) is 182 Å². The van der Waals surface area contributed by atoms with E-state index in [9.17, 15) is 0 Å². The molecule has 0 amide bonds. The van der Waals surface area contributed by atoms with E-state index in [0.717, 1.165) is 88.4 Å². The standard InChI is InChI=1S/C51H30N4O2/c1-3-11-31(12-4-1)32-19-21-33(22-20-32)49-52-50(34-23-26-44-40(29-34)38-16-8-10-18-43(38)56-44)54-51(53-49)35-24-27-45-41(30-35)47-46(57-45)28-25-39-37-15-7-9-17-42(37)55(48(39)47)36-13-5-2-6-14-36/h1-30H. The summed E-state index contributed by atoms with van der Waals surface area (Å²) in [6.45, 7) is 0. The van der Waals surface area contributed by atoms with Crippen molar-refractivity contribution in [1.29, 1.82) is 0 Å². The van der Waals surface area contributed by atoms with Crippen LogP contribution in [-0.2, 0) is 0 Å².